The number of likely N-dealkylation sites (tertiary alicyclic amines) is 1. The van der Waals surface area contributed by atoms with Gasteiger partial charge in [0, 0.05) is 60.3 Å². The summed E-state index contributed by atoms with van der Waals surface area (Å²) in [6, 6.07) is 15.4. The molecule has 1 saturated heterocycles. The molecule has 9 heteroatoms. The van der Waals surface area contributed by atoms with Gasteiger partial charge in [0.05, 0.1) is 16.9 Å². The fourth-order valence-electron chi connectivity index (χ4n) is 4.96. The maximum absolute atomic E-state index is 13.3. The second-order valence-corrected chi connectivity index (χ2v) is 10.8. The Hall–Kier alpha value is -4.01. The molecule has 8 nitrogen and oxygen atoms in total. The minimum absolute atomic E-state index is 0.0144. The zero-order valence-corrected chi connectivity index (χ0v) is 23.5. The van der Waals surface area contributed by atoms with Crippen LogP contribution in [0.4, 0.5) is 5.95 Å². The van der Waals surface area contributed by atoms with E-state index in [-0.39, 0.29) is 17.7 Å². The SMILES string of the molecule is CN(C)C/C=C/C(=O)Cc1ccc(C(=O)N2CCCC(Nc3ncc(Cl)c(-c4c[nH]c5ccccc45)n3)C2)cc1. The number of nitrogens with zero attached hydrogens (tertiary/aromatic N) is 4. The van der Waals surface area contributed by atoms with Crippen molar-refractivity contribution in [3.05, 3.63) is 89.2 Å². The molecule has 2 aromatic heterocycles. The van der Waals surface area contributed by atoms with Gasteiger partial charge < -0.3 is 20.1 Å². The Kier molecular flexibility index (Phi) is 8.57. The molecule has 5 rings (SSSR count). The topological polar surface area (TPSA) is 94.2 Å². The minimum Gasteiger partial charge on any atom is -0.360 e. The third-order valence-corrected chi connectivity index (χ3v) is 7.26. The Morgan fingerprint density at radius 2 is 1.98 bits per heavy atom. The molecule has 0 bridgehead atoms. The number of hydrogen-bond donors (Lipinski definition) is 2. The molecule has 0 spiro atoms. The number of anilines is 1. The number of para-hydroxylation sites is 1. The first kappa shape index (κ1) is 27.6. The quantitative estimate of drug-likeness (QED) is 0.274. The van der Waals surface area contributed by atoms with Gasteiger partial charge in [-0.25, -0.2) is 9.97 Å². The summed E-state index contributed by atoms with van der Waals surface area (Å²) in [6.45, 7) is 1.96. The van der Waals surface area contributed by atoms with Gasteiger partial charge in [0.15, 0.2) is 5.78 Å². The Morgan fingerprint density at radius 3 is 2.77 bits per heavy atom. The van der Waals surface area contributed by atoms with Crippen molar-refractivity contribution in [2.24, 2.45) is 0 Å². The predicted molar refractivity (Wildman–Crippen MR) is 160 cm³/mol. The number of allylic oxidation sites excluding steroid dienone is 1. The lowest BCUT2D eigenvalue weighted by molar-refractivity contribution is -0.114. The van der Waals surface area contributed by atoms with Crippen LogP contribution in [0.3, 0.4) is 0 Å². The summed E-state index contributed by atoms with van der Waals surface area (Å²) < 4.78 is 0. The number of rotatable bonds is 9. The molecule has 1 aliphatic rings. The third kappa shape index (κ3) is 6.58. The second kappa shape index (κ2) is 12.4. The van der Waals surface area contributed by atoms with Gasteiger partial charge in [-0.1, -0.05) is 48.0 Å². The third-order valence-electron chi connectivity index (χ3n) is 6.98. The first-order valence-corrected chi connectivity index (χ1v) is 13.8. The van der Waals surface area contributed by atoms with E-state index in [2.05, 4.69) is 15.3 Å². The van der Waals surface area contributed by atoms with E-state index >= 15 is 0 Å². The number of amides is 1. The Bertz CT molecular complexity index is 1530. The van der Waals surface area contributed by atoms with Gasteiger partial charge in [-0.3, -0.25) is 9.59 Å². The highest BCUT2D eigenvalue weighted by Crippen LogP contribution is 2.32. The van der Waals surface area contributed by atoms with Crippen LogP contribution in [0.15, 0.2) is 73.1 Å². The van der Waals surface area contributed by atoms with Crippen LogP contribution in [-0.2, 0) is 11.2 Å². The highest BCUT2D eigenvalue weighted by molar-refractivity contribution is 6.33. The van der Waals surface area contributed by atoms with Crippen molar-refractivity contribution < 1.29 is 9.59 Å². The zero-order chi connectivity index (χ0) is 28.1. The van der Waals surface area contributed by atoms with Crippen molar-refractivity contribution in [3.63, 3.8) is 0 Å². The number of benzene rings is 2. The fourth-order valence-corrected chi connectivity index (χ4v) is 5.15. The number of aromatic amines is 1. The van der Waals surface area contributed by atoms with Crippen LogP contribution >= 0.6 is 11.6 Å². The van der Waals surface area contributed by atoms with Crippen molar-refractivity contribution in [2.75, 3.05) is 39.0 Å². The number of H-pyrrole nitrogens is 1. The summed E-state index contributed by atoms with van der Waals surface area (Å²) in [4.78, 5) is 41.8. The molecule has 206 valence electrons. The summed E-state index contributed by atoms with van der Waals surface area (Å²) in [6.07, 6.45) is 9.10. The normalized spacial score (nSPS) is 15.7. The van der Waals surface area contributed by atoms with E-state index in [0.29, 0.717) is 41.7 Å². The number of fused-ring (bicyclic) bond motifs is 1. The van der Waals surface area contributed by atoms with Crippen LogP contribution in [-0.4, -0.2) is 76.2 Å². The second-order valence-electron chi connectivity index (χ2n) is 10.4. The zero-order valence-electron chi connectivity index (χ0n) is 22.7. The lowest BCUT2D eigenvalue weighted by atomic mass is 10.0. The number of carbonyl (C=O) groups is 2. The maximum atomic E-state index is 13.3. The van der Waals surface area contributed by atoms with Gasteiger partial charge in [-0.2, -0.15) is 0 Å². The van der Waals surface area contributed by atoms with Gasteiger partial charge in [0.1, 0.15) is 0 Å². The van der Waals surface area contributed by atoms with Gasteiger partial charge in [-0.05, 0) is 56.8 Å². The molecule has 1 amide bonds. The van der Waals surface area contributed by atoms with Gasteiger partial charge >= 0.3 is 0 Å². The number of aromatic nitrogens is 3. The van der Waals surface area contributed by atoms with E-state index in [1.54, 1.807) is 24.4 Å². The molecular weight excluding hydrogens is 524 g/mol. The van der Waals surface area contributed by atoms with E-state index in [1.165, 1.54) is 0 Å². The lowest BCUT2D eigenvalue weighted by Crippen LogP contribution is -2.45. The van der Waals surface area contributed by atoms with E-state index in [0.717, 1.165) is 41.4 Å². The molecule has 0 aliphatic carbocycles. The highest BCUT2D eigenvalue weighted by atomic mass is 35.5. The molecule has 2 N–H and O–H groups in total. The molecule has 1 unspecified atom stereocenters. The van der Waals surface area contributed by atoms with Crippen LogP contribution in [0, 0.1) is 0 Å². The Balaban J connectivity index is 1.22. The number of halogens is 1. The van der Waals surface area contributed by atoms with E-state index in [9.17, 15) is 9.59 Å². The standard InChI is InChI=1S/C31H33ClN6O2/c1-37(2)15-6-8-24(39)17-21-11-13-22(14-12-21)30(40)38-16-5-7-23(20-38)35-31-34-19-27(32)29(36-31)26-18-33-28-10-4-3-9-25(26)28/h3-4,6,8-14,18-19,23,33H,5,7,15-17,20H2,1-2H3,(H,34,35,36)/b8-6+. The number of carbonyl (C=O) groups excluding carboxylic acids is 2. The monoisotopic (exact) mass is 556 g/mol. The van der Waals surface area contributed by atoms with Crippen molar-refractivity contribution in [1.82, 2.24) is 24.8 Å². The Morgan fingerprint density at radius 1 is 1.18 bits per heavy atom. The number of ketones is 1. The largest absolute Gasteiger partial charge is 0.360 e. The number of likely N-dealkylation sites (N-methyl/N-ethyl adjacent to an activating group) is 1. The number of piperidine rings is 1. The van der Waals surface area contributed by atoms with E-state index in [4.69, 9.17) is 16.6 Å². The van der Waals surface area contributed by atoms with Crippen molar-refractivity contribution in [3.8, 4) is 11.3 Å². The molecule has 0 saturated carbocycles. The smallest absolute Gasteiger partial charge is 0.253 e. The van der Waals surface area contributed by atoms with Crippen molar-refractivity contribution in [1.29, 1.82) is 0 Å². The first-order chi connectivity index (χ1) is 19.4. The molecule has 1 atom stereocenters. The van der Waals surface area contributed by atoms with Crippen molar-refractivity contribution in [2.45, 2.75) is 25.3 Å². The van der Waals surface area contributed by atoms with Gasteiger partial charge in [0.25, 0.3) is 5.91 Å². The molecule has 2 aromatic carbocycles. The molecule has 3 heterocycles. The predicted octanol–water partition coefficient (Wildman–Crippen LogP) is 5.22. The summed E-state index contributed by atoms with van der Waals surface area (Å²) >= 11 is 6.49. The van der Waals surface area contributed by atoms with Crippen LogP contribution in [0.2, 0.25) is 5.02 Å². The highest BCUT2D eigenvalue weighted by Gasteiger charge is 2.25. The average molecular weight is 557 g/mol. The molecule has 1 fully saturated rings. The van der Waals surface area contributed by atoms with E-state index in [1.807, 2.05) is 72.6 Å². The number of hydrogen-bond acceptors (Lipinski definition) is 6. The first-order valence-electron chi connectivity index (χ1n) is 13.5. The molecule has 4 aromatic rings. The summed E-state index contributed by atoms with van der Waals surface area (Å²) in [5.41, 5.74) is 4.09. The minimum atomic E-state index is -0.0215. The summed E-state index contributed by atoms with van der Waals surface area (Å²) in [5.74, 6) is 0.507. The van der Waals surface area contributed by atoms with Crippen LogP contribution in [0.1, 0.15) is 28.8 Å². The van der Waals surface area contributed by atoms with Crippen LogP contribution in [0.25, 0.3) is 22.2 Å². The summed E-state index contributed by atoms with van der Waals surface area (Å²) in [7, 11) is 3.91. The van der Waals surface area contributed by atoms with Crippen LogP contribution in [0.5, 0.6) is 0 Å². The molecule has 1 aliphatic heterocycles. The molecule has 0 radical (unpaired) electrons. The van der Waals surface area contributed by atoms with Crippen molar-refractivity contribution >= 4 is 40.1 Å². The lowest BCUT2D eigenvalue weighted by Gasteiger charge is -2.33. The van der Waals surface area contributed by atoms with E-state index < -0.39 is 0 Å². The molecule has 40 heavy (non-hydrogen) atoms. The maximum Gasteiger partial charge on any atom is 0.253 e. The Labute approximate surface area is 239 Å². The summed E-state index contributed by atoms with van der Waals surface area (Å²) in [5, 5.41) is 4.94. The number of nitrogens with one attached hydrogen (secondary N) is 2. The average Bonchev–Trinajstić information content (AvgIpc) is 3.38. The van der Waals surface area contributed by atoms with Crippen LogP contribution < -0.4 is 5.32 Å². The van der Waals surface area contributed by atoms with Gasteiger partial charge in [0.2, 0.25) is 5.95 Å². The van der Waals surface area contributed by atoms with Gasteiger partial charge in [-0.15, -0.1) is 0 Å². The fraction of sp³-hybridized carbons (Fsp3) is 0.290. The molecular formula is C31H33ClN6O2.